The van der Waals surface area contributed by atoms with Crippen LogP contribution in [0.25, 0.3) is 17.1 Å². The van der Waals surface area contributed by atoms with Gasteiger partial charge in [-0.25, -0.2) is 4.79 Å². The van der Waals surface area contributed by atoms with Crippen LogP contribution in [-0.4, -0.2) is 35.6 Å². The second-order valence-electron chi connectivity index (χ2n) is 5.33. The van der Waals surface area contributed by atoms with E-state index < -0.39 is 0 Å². The van der Waals surface area contributed by atoms with Crippen molar-refractivity contribution in [1.82, 2.24) is 19.7 Å². The van der Waals surface area contributed by atoms with Crippen LogP contribution in [0.1, 0.15) is 6.92 Å². The van der Waals surface area contributed by atoms with Crippen molar-refractivity contribution in [3.8, 4) is 22.8 Å². The van der Waals surface area contributed by atoms with Crippen molar-refractivity contribution in [1.29, 1.82) is 0 Å². The summed E-state index contributed by atoms with van der Waals surface area (Å²) in [6.07, 6.45) is 0. The fourth-order valence-corrected chi connectivity index (χ4v) is 2.39. The van der Waals surface area contributed by atoms with Crippen molar-refractivity contribution in [3.63, 3.8) is 0 Å². The minimum absolute atomic E-state index is 0.158. The summed E-state index contributed by atoms with van der Waals surface area (Å²) in [5, 5.41) is 7.26. The Balaban J connectivity index is 0.000000701. The number of benzene rings is 2. The van der Waals surface area contributed by atoms with Gasteiger partial charge in [0.15, 0.2) is 5.82 Å². The first-order valence-electron chi connectivity index (χ1n) is 8.14. The molecule has 6 heteroatoms. The zero-order valence-electron chi connectivity index (χ0n) is 15.1. The summed E-state index contributed by atoms with van der Waals surface area (Å²) in [7, 11) is 5.35. The first kappa shape index (κ1) is 18.5. The molecule has 1 N–H and O–H groups in total. The Kier molecular flexibility index (Phi) is 6.54. The van der Waals surface area contributed by atoms with E-state index in [9.17, 15) is 4.79 Å². The van der Waals surface area contributed by atoms with Crippen LogP contribution in [0.3, 0.4) is 0 Å². The maximum absolute atomic E-state index is 12.6. The molecule has 1 heterocycles. The van der Waals surface area contributed by atoms with Crippen LogP contribution in [0.2, 0.25) is 0 Å². The molecule has 0 atom stereocenters. The number of hydrogen-bond acceptors (Lipinski definition) is 4. The maximum atomic E-state index is 12.6. The molecule has 2 aromatic carbocycles. The number of hydrogen-bond donors (Lipinski definition) is 1. The number of nitrogens with zero attached hydrogens (tertiary/aromatic N) is 3. The third-order valence-corrected chi connectivity index (χ3v) is 3.51. The monoisotopic (exact) mass is 340 g/mol. The molecular formula is C19H24N4O2. The third-order valence-electron chi connectivity index (χ3n) is 3.51. The molecule has 0 bridgehead atoms. The minimum atomic E-state index is -0.158. The second-order valence-corrected chi connectivity index (χ2v) is 5.33. The summed E-state index contributed by atoms with van der Waals surface area (Å²) in [4.78, 5) is 12.6. The van der Waals surface area contributed by atoms with Gasteiger partial charge in [0.2, 0.25) is 0 Å². The fraction of sp³-hybridized carbons (Fsp3) is 0.263. The number of aromatic nitrogens is 3. The van der Waals surface area contributed by atoms with E-state index in [-0.39, 0.29) is 5.69 Å². The van der Waals surface area contributed by atoms with E-state index in [1.54, 1.807) is 17.7 Å². The van der Waals surface area contributed by atoms with Crippen molar-refractivity contribution < 1.29 is 4.74 Å². The molecule has 0 saturated heterocycles. The van der Waals surface area contributed by atoms with Gasteiger partial charge in [0.25, 0.3) is 0 Å². The van der Waals surface area contributed by atoms with E-state index in [1.807, 2.05) is 69.6 Å². The second kappa shape index (κ2) is 8.84. The van der Waals surface area contributed by atoms with Gasteiger partial charge in [0.05, 0.1) is 12.8 Å². The molecule has 0 fully saturated rings. The van der Waals surface area contributed by atoms with Crippen LogP contribution in [0.15, 0.2) is 59.4 Å². The van der Waals surface area contributed by atoms with Gasteiger partial charge in [0.1, 0.15) is 5.75 Å². The Morgan fingerprint density at radius 3 is 2.36 bits per heavy atom. The minimum Gasteiger partial charge on any atom is -0.497 e. The predicted octanol–water partition coefficient (Wildman–Crippen LogP) is 2.57. The average Bonchev–Trinajstić information content (AvgIpc) is 2.99. The van der Waals surface area contributed by atoms with Gasteiger partial charge in [-0.1, -0.05) is 36.4 Å². The molecule has 1 aromatic heterocycles. The third kappa shape index (κ3) is 4.16. The van der Waals surface area contributed by atoms with Gasteiger partial charge >= 0.3 is 5.69 Å². The Bertz CT molecular complexity index is 853. The predicted molar refractivity (Wildman–Crippen MR) is 100 cm³/mol. The van der Waals surface area contributed by atoms with Crippen molar-refractivity contribution >= 4 is 0 Å². The Labute approximate surface area is 147 Å². The van der Waals surface area contributed by atoms with Gasteiger partial charge in [-0.15, -0.1) is 5.10 Å². The van der Waals surface area contributed by atoms with E-state index in [0.29, 0.717) is 23.8 Å². The van der Waals surface area contributed by atoms with Gasteiger partial charge in [-0.3, -0.25) is 4.57 Å². The number of methoxy groups -OCH3 is 1. The lowest BCUT2D eigenvalue weighted by atomic mass is 10.2. The summed E-state index contributed by atoms with van der Waals surface area (Å²) < 4.78 is 8.29. The molecule has 0 saturated carbocycles. The van der Waals surface area contributed by atoms with Crippen LogP contribution >= 0.6 is 0 Å². The summed E-state index contributed by atoms with van der Waals surface area (Å²) >= 11 is 0. The molecule has 0 unspecified atom stereocenters. The van der Waals surface area contributed by atoms with Crippen molar-refractivity contribution in [3.05, 3.63) is 65.1 Å². The molecular weight excluding hydrogens is 316 g/mol. The molecule has 3 aromatic rings. The maximum Gasteiger partial charge on any atom is 0.350 e. The Hall–Kier alpha value is -2.86. The lowest BCUT2D eigenvalue weighted by Crippen LogP contribution is -2.23. The van der Waals surface area contributed by atoms with Gasteiger partial charge in [-0.05, 0) is 33.2 Å². The summed E-state index contributed by atoms with van der Waals surface area (Å²) in [5.41, 5.74) is 1.45. The summed E-state index contributed by atoms with van der Waals surface area (Å²) in [5.74, 6) is 1.35. The molecule has 25 heavy (non-hydrogen) atoms. The summed E-state index contributed by atoms with van der Waals surface area (Å²) in [6.45, 7) is 2.50. The zero-order chi connectivity index (χ0) is 18.2. The SMILES string of the molecule is CCn1c(-c2ccccc2)nn(-c2cccc(OC)c2)c1=O.CNC. The fourth-order valence-electron chi connectivity index (χ4n) is 2.39. The van der Waals surface area contributed by atoms with Crippen LogP contribution in [0, 0.1) is 0 Å². The van der Waals surface area contributed by atoms with Gasteiger partial charge in [-0.2, -0.15) is 4.68 Å². The molecule has 3 rings (SSSR count). The van der Waals surface area contributed by atoms with E-state index in [4.69, 9.17) is 4.74 Å². The molecule has 6 nitrogen and oxygen atoms in total. The molecule has 0 amide bonds. The highest BCUT2D eigenvalue weighted by molar-refractivity contribution is 5.55. The molecule has 0 aliphatic rings. The topological polar surface area (TPSA) is 61.1 Å². The molecule has 0 radical (unpaired) electrons. The molecule has 0 spiro atoms. The van der Waals surface area contributed by atoms with Crippen LogP contribution in [0.5, 0.6) is 5.75 Å². The van der Waals surface area contributed by atoms with Crippen molar-refractivity contribution in [2.75, 3.05) is 21.2 Å². The number of ether oxygens (including phenoxy) is 1. The first-order chi connectivity index (χ1) is 12.2. The van der Waals surface area contributed by atoms with E-state index >= 15 is 0 Å². The standard InChI is InChI=1S/C17H17N3O2.C2H7N/c1-3-19-16(13-8-5-4-6-9-13)18-20(17(19)21)14-10-7-11-15(12-14)22-2;1-3-2/h4-12H,3H2,1-2H3;3H,1-2H3. The van der Waals surface area contributed by atoms with Crippen LogP contribution < -0.4 is 15.7 Å². The number of nitrogens with one attached hydrogen (secondary N) is 1. The van der Waals surface area contributed by atoms with Crippen LogP contribution in [0.4, 0.5) is 0 Å². The lowest BCUT2D eigenvalue weighted by molar-refractivity contribution is 0.414. The van der Waals surface area contributed by atoms with Gasteiger partial charge in [0, 0.05) is 18.2 Å². The largest absolute Gasteiger partial charge is 0.497 e. The summed E-state index contributed by atoms with van der Waals surface area (Å²) in [6, 6.07) is 17.0. The van der Waals surface area contributed by atoms with E-state index in [2.05, 4.69) is 10.4 Å². The van der Waals surface area contributed by atoms with Gasteiger partial charge < -0.3 is 10.1 Å². The Morgan fingerprint density at radius 2 is 1.76 bits per heavy atom. The normalized spacial score (nSPS) is 10.1. The number of rotatable bonds is 4. The highest BCUT2D eigenvalue weighted by atomic mass is 16.5. The Morgan fingerprint density at radius 1 is 1.08 bits per heavy atom. The van der Waals surface area contributed by atoms with Crippen molar-refractivity contribution in [2.24, 2.45) is 0 Å². The van der Waals surface area contributed by atoms with E-state index in [1.165, 1.54) is 4.68 Å². The van der Waals surface area contributed by atoms with Crippen LogP contribution in [-0.2, 0) is 6.54 Å². The highest BCUT2D eigenvalue weighted by Gasteiger charge is 2.15. The molecule has 0 aliphatic heterocycles. The van der Waals surface area contributed by atoms with E-state index in [0.717, 1.165) is 5.56 Å². The van der Waals surface area contributed by atoms with Crippen molar-refractivity contribution in [2.45, 2.75) is 13.5 Å². The first-order valence-corrected chi connectivity index (χ1v) is 8.14. The average molecular weight is 340 g/mol. The zero-order valence-corrected chi connectivity index (χ0v) is 15.1. The quantitative estimate of drug-likeness (QED) is 0.793. The smallest absolute Gasteiger partial charge is 0.350 e. The molecule has 132 valence electrons. The highest BCUT2D eigenvalue weighted by Crippen LogP contribution is 2.18. The molecule has 0 aliphatic carbocycles. The lowest BCUT2D eigenvalue weighted by Gasteiger charge is -2.02.